The van der Waals surface area contributed by atoms with Gasteiger partial charge in [-0.1, -0.05) is 0 Å². The lowest BCUT2D eigenvalue weighted by atomic mass is 10.1. The molecule has 8 heteroatoms. The molecule has 2 rings (SSSR count). The van der Waals surface area contributed by atoms with E-state index in [2.05, 4.69) is 15.6 Å². The third-order valence-electron chi connectivity index (χ3n) is 2.74. The Morgan fingerprint density at radius 1 is 1.23 bits per heavy atom. The molecule has 0 aromatic heterocycles. The quantitative estimate of drug-likeness (QED) is 0.821. The number of benzene rings is 1. The maximum atomic E-state index is 12.8. The lowest BCUT2D eigenvalue weighted by Crippen LogP contribution is -2.41. The molecule has 22 heavy (non-hydrogen) atoms. The number of nitrogens with one attached hydrogen (secondary N) is 1. The van der Waals surface area contributed by atoms with Crippen molar-refractivity contribution in [3.05, 3.63) is 35.5 Å². The van der Waals surface area contributed by atoms with Crippen molar-refractivity contribution in [3.8, 4) is 0 Å². The zero-order valence-corrected chi connectivity index (χ0v) is 11.9. The first kappa shape index (κ1) is 15.9. The molecule has 1 aliphatic rings. The molecule has 0 fully saturated rings. The van der Waals surface area contributed by atoms with Crippen molar-refractivity contribution < 1.29 is 18.0 Å². The summed E-state index contributed by atoms with van der Waals surface area (Å²) in [5, 5.41) is 6.57. The maximum absolute atomic E-state index is 12.8. The largest absolute Gasteiger partial charge is 0.416 e. The predicted octanol–water partition coefficient (Wildman–Crippen LogP) is 2.13. The summed E-state index contributed by atoms with van der Waals surface area (Å²) < 4.78 is 38.4. The van der Waals surface area contributed by atoms with Crippen LogP contribution < -0.4 is 16.4 Å². The smallest absolute Gasteiger partial charge is 0.399 e. The van der Waals surface area contributed by atoms with Gasteiger partial charge in [0.25, 0.3) is 0 Å². The molecule has 1 amide bonds. The second-order valence-corrected chi connectivity index (χ2v) is 5.05. The number of amidine groups is 1. The number of nitrogens with two attached hydrogens (primary N) is 1. The molecule has 3 N–H and O–H groups in total. The van der Waals surface area contributed by atoms with Crippen LogP contribution in [0.2, 0.25) is 0 Å². The van der Waals surface area contributed by atoms with Crippen LogP contribution in [0.1, 0.15) is 25.0 Å². The number of hydrogen-bond donors (Lipinski definition) is 2. The molecule has 1 radical (unpaired) electrons. The first-order valence-electron chi connectivity index (χ1n) is 6.45. The Morgan fingerprint density at radius 3 is 2.45 bits per heavy atom. The van der Waals surface area contributed by atoms with Crippen molar-refractivity contribution in [3.63, 3.8) is 0 Å². The molecule has 1 aromatic rings. The molecule has 0 atom stereocenters. The second kappa shape index (κ2) is 5.70. The molecule has 1 aliphatic heterocycles. The molecule has 0 aliphatic carbocycles. The van der Waals surface area contributed by atoms with Gasteiger partial charge in [0.2, 0.25) is 0 Å². The summed E-state index contributed by atoms with van der Waals surface area (Å²) in [6, 6.07) is 3.00. The Hall–Kier alpha value is -2.51. The Labute approximate surface area is 125 Å². The van der Waals surface area contributed by atoms with Crippen molar-refractivity contribution in [2.24, 2.45) is 4.99 Å². The molecule has 0 saturated heterocycles. The molecule has 1 aromatic carbocycles. The van der Waals surface area contributed by atoms with Crippen LogP contribution in [0.4, 0.5) is 18.9 Å². The Bertz CT molecular complexity index is 663. The van der Waals surface area contributed by atoms with E-state index in [0.29, 0.717) is 0 Å². The minimum Gasteiger partial charge on any atom is -0.399 e. The van der Waals surface area contributed by atoms with Gasteiger partial charge in [-0.05, 0) is 32.0 Å². The minimum absolute atomic E-state index is 0.0166. The highest BCUT2D eigenvalue weighted by atomic mass is 19.4. The summed E-state index contributed by atoms with van der Waals surface area (Å²) in [6.07, 6.45) is -3.29. The molecule has 0 spiro atoms. The number of rotatable bonds is 2. The summed E-state index contributed by atoms with van der Waals surface area (Å²) in [7, 11) is 0. The van der Waals surface area contributed by atoms with Gasteiger partial charge in [0.05, 0.1) is 17.5 Å². The first-order chi connectivity index (χ1) is 10.2. The summed E-state index contributed by atoms with van der Waals surface area (Å²) in [4.78, 5) is 15.7. The summed E-state index contributed by atoms with van der Waals surface area (Å²) >= 11 is 0. The van der Waals surface area contributed by atoms with E-state index < -0.39 is 17.6 Å². The first-order valence-corrected chi connectivity index (χ1v) is 6.45. The highest BCUT2D eigenvalue weighted by Gasteiger charge is 2.32. The van der Waals surface area contributed by atoms with Gasteiger partial charge in [0, 0.05) is 17.3 Å². The SMILES string of the molecule is CC(C)NC1=NC=C(c2cc(N)cc(C(F)(F)F)c2)[N]C1=O. The lowest BCUT2D eigenvalue weighted by molar-refractivity contribution is -0.137. The Kier molecular flexibility index (Phi) is 4.11. The highest BCUT2D eigenvalue weighted by Crippen LogP contribution is 2.33. The standard InChI is InChI=1S/C14H14F3N4O/c1-7(2)20-12-13(22)21-11(6-19-12)8-3-9(14(15,16)17)5-10(18)4-8/h3-7H,18H2,1-2H3,(H,19,20). The van der Waals surface area contributed by atoms with E-state index >= 15 is 0 Å². The Balaban J connectivity index is 2.37. The summed E-state index contributed by atoms with van der Waals surface area (Å²) in [5.41, 5.74) is 4.65. The summed E-state index contributed by atoms with van der Waals surface area (Å²) in [6.45, 7) is 3.64. The fourth-order valence-corrected chi connectivity index (χ4v) is 1.85. The van der Waals surface area contributed by atoms with Gasteiger partial charge in [-0.25, -0.2) is 10.3 Å². The molecular formula is C14H14F3N4O. The van der Waals surface area contributed by atoms with Gasteiger partial charge in [-0.2, -0.15) is 13.2 Å². The average molecular weight is 311 g/mol. The molecule has 5 nitrogen and oxygen atoms in total. The number of hydrogen-bond acceptors (Lipinski definition) is 4. The number of aliphatic imine (C=N–C) groups is 1. The average Bonchev–Trinajstić information content (AvgIpc) is 2.39. The van der Waals surface area contributed by atoms with E-state index in [4.69, 9.17) is 5.73 Å². The van der Waals surface area contributed by atoms with E-state index in [0.717, 1.165) is 12.1 Å². The number of nitrogen functional groups attached to an aromatic ring is 1. The molecular weight excluding hydrogens is 297 g/mol. The number of halogens is 3. The van der Waals surface area contributed by atoms with Crippen LogP contribution >= 0.6 is 0 Å². The second-order valence-electron chi connectivity index (χ2n) is 5.05. The van der Waals surface area contributed by atoms with Crippen molar-refractivity contribution >= 4 is 23.1 Å². The van der Waals surface area contributed by atoms with Crippen molar-refractivity contribution in [1.29, 1.82) is 0 Å². The van der Waals surface area contributed by atoms with Gasteiger partial charge in [-0.3, -0.25) is 4.79 Å². The molecule has 0 unspecified atom stereocenters. The van der Waals surface area contributed by atoms with Crippen LogP contribution in [0.15, 0.2) is 29.4 Å². The number of carbonyl (C=O) groups excluding carboxylic acids is 1. The molecule has 0 saturated carbocycles. The number of carbonyl (C=O) groups is 1. The van der Waals surface area contributed by atoms with Gasteiger partial charge >= 0.3 is 12.1 Å². The zero-order chi connectivity index (χ0) is 16.5. The van der Waals surface area contributed by atoms with Crippen molar-refractivity contribution in [2.45, 2.75) is 26.1 Å². The zero-order valence-electron chi connectivity index (χ0n) is 11.9. The Morgan fingerprint density at radius 2 is 1.91 bits per heavy atom. The summed E-state index contributed by atoms with van der Waals surface area (Å²) in [5.74, 6) is -0.583. The lowest BCUT2D eigenvalue weighted by Gasteiger charge is -2.17. The molecule has 0 bridgehead atoms. The molecule has 1 heterocycles. The van der Waals surface area contributed by atoms with E-state index in [1.807, 2.05) is 13.8 Å². The van der Waals surface area contributed by atoms with E-state index in [-0.39, 0.29) is 28.8 Å². The molecule has 117 valence electrons. The minimum atomic E-state index is -4.53. The van der Waals surface area contributed by atoms with Gasteiger partial charge in [0.15, 0.2) is 5.84 Å². The predicted molar refractivity (Wildman–Crippen MR) is 76.7 cm³/mol. The number of amides is 1. The van der Waals surface area contributed by atoms with Crippen molar-refractivity contribution in [2.75, 3.05) is 5.73 Å². The number of alkyl halides is 3. The normalized spacial score (nSPS) is 15.3. The highest BCUT2D eigenvalue weighted by molar-refractivity contribution is 6.40. The maximum Gasteiger partial charge on any atom is 0.416 e. The van der Waals surface area contributed by atoms with Gasteiger partial charge < -0.3 is 11.1 Å². The van der Waals surface area contributed by atoms with Gasteiger partial charge in [0.1, 0.15) is 0 Å². The third kappa shape index (κ3) is 3.57. The fourth-order valence-electron chi connectivity index (χ4n) is 1.85. The van der Waals surface area contributed by atoms with Gasteiger partial charge in [-0.15, -0.1) is 0 Å². The van der Waals surface area contributed by atoms with Crippen LogP contribution in [-0.4, -0.2) is 17.8 Å². The van der Waals surface area contributed by atoms with Crippen LogP contribution in [-0.2, 0) is 11.0 Å². The van der Waals surface area contributed by atoms with E-state index in [9.17, 15) is 18.0 Å². The van der Waals surface area contributed by atoms with E-state index in [1.165, 1.54) is 12.3 Å². The number of anilines is 1. The van der Waals surface area contributed by atoms with Crippen LogP contribution in [0.3, 0.4) is 0 Å². The van der Waals surface area contributed by atoms with Crippen LogP contribution in [0.5, 0.6) is 0 Å². The van der Waals surface area contributed by atoms with E-state index in [1.54, 1.807) is 0 Å². The van der Waals surface area contributed by atoms with Crippen molar-refractivity contribution in [1.82, 2.24) is 10.6 Å². The fraction of sp³-hybridized carbons (Fsp3) is 0.286. The van der Waals surface area contributed by atoms with Crippen LogP contribution in [0, 0.1) is 0 Å². The third-order valence-corrected chi connectivity index (χ3v) is 2.74. The number of nitrogens with zero attached hydrogens (tertiary/aromatic N) is 2. The van der Waals surface area contributed by atoms with Crippen LogP contribution in [0.25, 0.3) is 5.70 Å². The monoisotopic (exact) mass is 311 g/mol. The topological polar surface area (TPSA) is 81.6 Å².